The van der Waals surface area contributed by atoms with Crippen molar-refractivity contribution in [3.63, 3.8) is 0 Å². The molecule has 286 valence electrons. The van der Waals surface area contributed by atoms with Crippen molar-refractivity contribution >= 4 is 11.8 Å². The first-order valence-corrected chi connectivity index (χ1v) is 19.2. The molecule has 6 rings (SSSR count). The molecular formula is C39H65NO10. The largest absolute Gasteiger partial charge is 0.462 e. The minimum Gasteiger partial charge on any atom is -0.462 e. The van der Waals surface area contributed by atoms with Gasteiger partial charge in [0.1, 0.15) is 24.4 Å². The second-order valence-corrected chi connectivity index (χ2v) is 15.7. The normalized spacial score (nSPS) is 47.0. The van der Waals surface area contributed by atoms with Crippen molar-refractivity contribution in [3.05, 3.63) is 23.8 Å². The average Bonchev–Trinajstić information content (AvgIpc) is 3.67. The highest BCUT2D eigenvalue weighted by Gasteiger charge is 2.52. The van der Waals surface area contributed by atoms with Crippen LogP contribution in [0.2, 0.25) is 0 Å². The van der Waals surface area contributed by atoms with Crippen LogP contribution in [0, 0.1) is 35.5 Å². The smallest absolute Gasteiger partial charge is 0.306 e. The third kappa shape index (κ3) is 7.81. The summed E-state index contributed by atoms with van der Waals surface area (Å²) in [4.78, 5) is 28.0. The number of aliphatic hydroxyl groups is 1. The van der Waals surface area contributed by atoms with Crippen LogP contribution in [0.1, 0.15) is 88.3 Å². The molecule has 11 heteroatoms. The Hall–Kier alpha value is -1.70. The third-order valence-corrected chi connectivity index (χ3v) is 12.8. The molecule has 0 aromatic rings. The van der Waals surface area contributed by atoms with Gasteiger partial charge in [-0.3, -0.25) is 9.59 Å². The van der Waals surface area contributed by atoms with E-state index in [9.17, 15) is 14.7 Å². The fourth-order valence-corrected chi connectivity index (χ4v) is 9.87. The lowest BCUT2D eigenvalue weighted by Gasteiger charge is -2.42. The van der Waals surface area contributed by atoms with Crippen LogP contribution in [0.5, 0.6) is 0 Å². The lowest BCUT2D eigenvalue weighted by Crippen LogP contribution is -2.59. The predicted molar refractivity (Wildman–Crippen MR) is 189 cm³/mol. The highest BCUT2D eigenvalue weighted by Crippen LogP contribution is 2.54. The minimum absolute atomic E-state index is 0. The zero-order valence-electron chi connectivity index (χ0n) is 31.0. The Morgan fingerprint density at radius 1 is 0.940 bits per heavy atom. The van der Waals surface area contributed by atoms with Crippen molar-refractivity contribution in [1.82, 2.24) is 5.32 Å². The van der Waals surface area contributed by atoms with Crippen LogP contribution in [0.25, 0.3) is 0 Å². The van der Waals surface area contributed by atoms with Crippen molar-refractivity contribution in [3.8, 4) is 0 Å². The SMILES string of the molecule is CC[C@H]1CCC[C@H](O[C@H]2CC[C@H](NC)[C@@H](C)O2)[C@@H](C)C(=O)C2=C[C@@H]3[C@@H](C=C[C@@H]4C[C@@H](O[C@@H]5O[C@@H](C)[C@H](OC)[C@@H](O)[C@H]5OC)C[C@@H]34)[C@@H]2CC(=O)O1.[HH].[HH]. The molecule has 1 saturated carbocycles. The Kier molecular flexibility index (Phi) is 12.6. The van der Waals surface area contributed by atoms with Crippen molar-refractivity contribution < 1.29 is 50.7 Å². The van der Waals surface area contributed by atoms with E-state index in [1.807, 2.05) is 20.9 Å². The molecule has 6 aliphatic rings. The zero-order valence-corrected chi connectivity index (χ0v) is 31.0. The van der Waals surface area contributed by atoms with E-state index >= 15 is 0 Å². The molecule has 0 spiro atoms. The summed E-state index contributed by atoms with van der Waals surface area (Å²) in [6.07, 6.45) is 9.16. The first-order chi connectivity index (χ1) is 24.1. The average molecular weight is 708 g/mol. The van der Waals surface area contributed by atoms with Crippen molar-refractivity contribution in [2.24, 2.45) is 35.5 Å². The number of rotatable bonds is 8. The fraction of sp³-hybridized carbons (Fsp3) is 0.846. The highest BCUT2D eigenvalue weighted by atomic mass is 16.7. The number of esters is 1. The van der Waals surface area contributed by atoms with Gasteiger partial charge < -0.3 is 43.6 Å². The number of cyclic esters (lactones) is 1. The number of likely N-dealkylation sites (N-methyl/N-ethyl adjacent to an activating group) is 1. The van der Waals surface area contributed by atoms with Crippen molar-refractivity contribution in [1.29, 1.82) is 0 Å². The summed E-state index contributed by atoms with van der Waals surface area (Å²) in [6.45, 7) is 8.00. The van der Waals surface area contributed by atoms with Gasteiger partial charge in [0.05, 0.1) is 30.8 Å². The summed E-state index contributed by atoms with van der Waals surface area (Å²) in [5, 5.41) is 14.3. The second kappa shape index (κ2) is 16.5. The van der Waals surface area contributed by atoms with E-state index in [1.54, 1.807) is 14.2 Å². The highest BCUT2D eigenvalue weighted by molar-refractivity contribution is 5.99. The molecule has 0 aromatic heterocycles. The van der Waals surface area contributed by atoms with Gasteiger partial charge in [-0.05, 0) is 102 Å². The fourth-order valence-electron chi connectivity index (χ4n) is 9.87. The maximum Gasteiger partial charge on any atom is 0.306 e. The molecule has 3 heterocycles. The maximum absolute atomic E-state index is 14.6. The quantitative estimate of drug-likeness (QED) is 0.262. The Bertz CT molecular complexity index is 1250. The zero-order chi connectivity index (χ0) is 35.7. The summed E-state index contributed by atoms with van der Waals surface area (Å²) in [5.74, 6) is -0.143. The first kappa shape index (κ1) is 38.0. The van der Waals surface area contributed by atoms with Gasteiger partial charge in [-0.1, -0.05) is 32.1 Å². The minimum atomic E-state index is -0.880. The molecule has 0 radical (unpaired) electrons. The standard InChI is InChI=1S/C39H61NO10.2H2/c1-8-24-10-9-11-32(50-34-15-14-31(40-5)21(3)46-34)20(2)35(42)30-18-28-26(29(30)19-33(41)48-24)13-12-23-16-25(17-27(23)28)49-39-38(45-7)36(43)37(44-6)22(4)47-39;;/h12-13,18,20-29,31-32,34,36-40,43H,8-11,14-17,19H2,1-7H3;2*1H/t20-,21-,22+,23-,24+,25-,26-,27-,28-,29+,31+,32+,34+,36-,37+,38-,39+;;/m1../s1. The number of ether oxygens (including phenoxy) is 7. The molecule has 3 aliphatic heterocycles. The first-order valence-electron chi connectivity index (χ1n) is 19.2. The number of carbonyl (C=O) groups excluding carboxylic acids is 2. The lowest BCUT2D eigenvalue weighted by molar-refractivity contribution is -0.311. The molecule has 17 atom stereocenters. The van der Waals surface area contributed by atoms with E-state index in [4.69, 9.17) is 33.2 Å². The van der Waals surface area contributed by atoms with Gasteiger partial charge in [0.15, 0.2) is 18.4 Å². The van der Waals surface area contributed by atoms with Crippen LogP contribution in [0.4, 0.5) is 0 Å². The summed E-state index contributed by atoms with van der Waals surface area (Å²) in [7, 11) is 5.07. The number of nitrogens with one attached hydrogen (secondary N) is 1. The molecule has 0 bridgehead atoms. The molecule has 0 aromatic carbocycles. The number of aliphatic hydroxyl groups excluding tert-OH is 1. The van der Waals surface area contributed by atoms with E-state index < -0.39 is 24.6 Å². The second-order valence-electron chi connectivity index (χ2n) is 15.7. The molecule has 11 nitrogen and oxygen atoms in total. The van der Waals surface area contributed by atoms with Crippen LogP contribution in [-0.4, -0.2) is 106 Å². The van der Waals surface area contributed by atoms with Gasteiger partial charge in [-0.15, -0.1) is 0 Å². The Morgan fingerprint density at radius 2 is 1.72 bits per heavy atom. The van der Waals surface area contributed by atoms with Crippen LogP contribution in [0.3, 0.4) is 0 Å². The molecule has 3 aliphatic carbocycles. The molecule has 50 heavy (non-hydrogen) atoms. The summed E-state index contributed by atoms with van der Waals surface area (Å²) in [6, 6.07) is 0.283. The summed E-state index contributed by atoms with van der Waals surface area (Å²) in [5.41, 5.74) is 0.743. The molecular weight excluding hydrogens is 642 g/mol. The van der Waals surface area contributed by atoms with Crippen LogP contribution < -0.4 is 5.32 Å². The van der Waals surface area contributed by atoms with Crippen LogP contribution >= 0.6 is 0 Å². The number of hydrogen-bond donors (Lipinski definition) is 2. The predicted octanol–water partition coefficient (Wildman–Crippen LogP) is 4.98. The van der Waals surface area contributed by atoms with E-state index in [0.29, 0.717) is 6.42 Å². The van der Waals surface area contributed by atoms with E-state index in [-0.39, 0.29) is 99.4 Å². The van der Waals surface area contributed by atoms with Gasteiger partial charge in [-0.25, -0.2) is 0 Å². The van der Waals surface area contributed by atoms with Crippen LogP contribution in [0.15, 0.2) is 23.8 Å². The van der Waals surface area contributed by atoms with Crippen molar-refractivity contribution in [2.75, 3.05) is 21.3 Å². The van der Waals surface area contributed by atoms with E-state index in [2.05, 4.69) is 37.4 Å². The maximum atomic E-state index is 14.6. The number of Topliss-reactive ketones (excluding diaryl/α,β-unsaturated/α-hetero) is 1. The van der Waals surface area contributed by atoms with Gasteiger partial charge >= 0.3 is 5.97 Å². The molecule has 2 N–H and O–H groups in total. The molecule has 3 saturated heterocycles. The molecule has 0 unspecified atom stereocenters. The Balaban J connectivity index is 0.00000302. The number of allylic oxidation sites excluding steroid dienone is 4. The van der Waals surface area contributed by atoms with Gasteiger partial charge in [0.2, 0.25) is 0 Å². The number of hydrogen-bond acceptors (Lipinski definition) is 11. The van der Waals surface area contributed by atoms with Gasteiger partial charge in [-0.2, -0.15) is 0 Å². The topological polar surface area (TPSA) is 131 Å². The van der Waals surface area contributed by atoms with Crippen molar-refractivity contribution in [2.45, 2.75) is 153 Å². The van der Waals surface area contributed by atoms with E-state index in [1.165, 1.54) is 0 Å². The van der Waals surface area contributed by atoms with Gasteiger partial charge in [0.25, 0.3) is 0 Å². The summed E-state index contributed by atoms with van der Waals surface area (Å²) < 4.78 is 42.8. The van der Waals surface area contributed by atoms with E-state index in [0.717, 1.165) is 50.5 Å². The number of carbonyl (C=O) groups is 2. The Morgan fingerprint density at radius 3 is 2.42 bits per heavy atom. The molecule has 4 fully saturated rings. The monoisotopic (exact) mass is 707 g/mol. The lowest BCUT2D eigenvalue weighted by atomic mass is 9.70. The number of ketones is 1. The summed E-state index contributed by atoms with van der Waals surface area (Å²) >= 11 is 0. The number of methoxy groups -OCH3 is 2. The van der Waals surface area contributed by atoms with Gasteiger partial charge in [0, 0.05) is 35.0 Å². The van der Waals surface area contributed by atoms with Crippen LogP contribution in [-0.2, 0) is 42.7 Å². The number of fused-ring (bicyclic) bond motifs is 5. The molecule has 0 amide bonds. The third-order valence-electron chi connectivity index (χ3n) is 12.8. The Labute approximate surface area is 301 Å².